The third kappa shape index (κ3) is 38.9. The summed E-state index contributed by atoms with van der Waals surface area (Å²) < 4.78 is 64.9. The van der Waals surface area contributed by atoms with Crippen LogP contribution in [0.1, 0.15) is 297 Å². The molecular weight excluding hydrogens is 1300 g/mol. The fourth-order valence-electron chi connectivity index (χ4n) is 12.8. The highest BCUT2D eigenvalue weighted by Crippen LogP contribution is 2.49. The monoisotopic (exact) mass is 1440 g/mol. The maximum Gasteiger partial charge on any atom is 0.472 e. The summed E-state index contributed by atoms with van der Waals surface area (Å²) in [6.07, 6.45) is 17.2. The van der Waals surface area contributed by atoms with E-state index in [1.54, 1.807) is 6.08 Å². The van der Waals surface area contributed by atoms with E-state index < -0.39 is 156 Å². The SMILES string of the molecule is CCCCCCCCCCCCC/C=C/C=C/C(=O)OCC1OC(OC2C(O)C(O)C(O)C(OC3OC(CO)C(O)C(O)C3O)C2OP(=O)(O)OCC(COC(=O)CCCCCCCCCCCCCCC)OC(=O)CCCCCCCCCCCCCCCCCC)C(O)C(O)C1O. The van der Waals surface area contributed by atoms with E-state index in [4.69, 9.17) is 42.2 Å². The predicted octanol–water partition coefficient (Wildman–Crippen LogP) is 10.9. The average molecular weight is 1440 g/mol. The molecule has 0 radical (unpaired) electrons. The molecule has 2 saturated heterocycles. The maximum atomic E-state index is 14.3. The van der Waals surface area contributed by atoms with Crippen LogP contribution in [0.4, 0.5) is 0 Å². The molecule has 0 bridgehead atoms. The first-order chi connectivity index (χ1) is 47.8. The minimum atomic E-state index is -5.70. The molecule has 2 aliphatic heterocycles. The normalized spacial score (nSPS) is 27.6. The van der Waals surface area contributed by atoms with Crippen molar-refractivity contribution >= 4 is 25.7 Å². The van der Waals surface area contributed by atoms with Gasteiger partial charge in [-0.2, -0.15) is 0 Å². The molecule has 1 aliphatic carbocycles. The minimum Gasteiger partial charge on any atom is -0.462 e. The summed E-state index contributed by atoms with van der Waals surface area (Å²) >= 11 is 0. The van der Waals surface area contributed by atoms with Crippen LogP contribution < -0.4 is 0 Å². The van der Waals surface area contributed by atoms with E-state index in [1.807, 2.05) is 6.08 Å². The van der Waals surface area contributed by atoms with Gasteiger partial charge >= 0.3 is 25.7 Å². The number of aliphatic hydroxyl groups is 10. The topological polar surface area (TPSA) is 374 Å². The molecule has 0 amide bonds. The number of rotatable bonds is 60. The lowest BCUT2D eigenvalue weighted by atomic mass is 9.84. The van der Waals surface area contributed by atoms with Gasteiger partial charge in [0.05, 0.1) is 13.2 Å². The van der Waals surface area contributed by atoms with Crippen molar-refractivity contribution in [3.8, 4) is 0 Å². The fraction of sp³-hybridized carbons (Fsp3) is 0.905. The number of ether oxygens (including phenoxy) is 7. The Morgan fingerprint density at radius 2 is 0.778 bits per heavy atom. The summed E-state index contributed by atoms with van der Waals surface area (Å²) in [6.45, 7) is 3.38. The second-order valence-corrected chi connectivity index (χ2v) is 29.2. The van der Waals surface area contributed by atoms with Gasteiger partial charge in [0.15, 0.2) is 18.7 Å². The van der Waals surface area contributed by atoms with Crippen LogP contribution in [0.5, 0.6) is 0 Å². The van der Waals surface area contributed by atoms with E-state index in [2.05, 4.69) is 20.8 Å². The highest BCUT2D eigenvalue weighted by Gasteiger charge is 2.58. The van der Waals surface area contributed by atoms with Crippen LogP contribution in [0.15, 0.2) is 24.3 Å². The summed E-state index contributed by atoms with van der Waals surface area (Å²) in [4.78, 5) is 50.9. The van der Waals surface area contributed by atoms with Crippen LogP contribution in [-0.4, -0.2) is 204 Å². The molecule has 580 valence electrons. The molecule has 2 heterocycles. The number of hydrogen-bond acceptors (Lipinski definition) is 23. The quantitative estimate of drug-likeness (QED) is 0.00673. The van der Waals surface area contributed by atoms with Gasteiger partial charge in [-0.1, -0.05) is 277 Å². The van der Waals surface area contributed by atoms with Crippen LogP contribution in [0.3, 0.4) is 0 Å². The Morgan fingerprint density at radius 3 is 1.19 bits per heavy atom. The highest BCUT2D eigenvalue weighted by atomic mass is 31.2. The number of phosphoric acid groups is 1. The molecule has 0 aromatic rings. The Bertz CT molecular complexity index is 2140. The Labute approximate surface area is 592 Å². The Kier molecular flexibility index (Phi) is 51.2. The molecule has 18 atom stereocenters. The molecule has 3 fully saturated rings. The molecular formula is C74H135O24P. The third-order valence-corrected chi connectivity index (χ3v) is 20.1. The van der Waals surface area contributed by atoms with Crippen molar-refractivity contribution in [3.63, 3.8) is 0 Å². The van der Waals surface area contributed by atoms with Crippen LogP contribution in [0, 0.1) is 0 Å². The Morgan fingerprint density at radius 1 is 0.414 bits per heavy atom. The van der Waals surface area contributed by atoms with Gasteiger partial charge < -0.3 is 89.1 Å². The smallest absolute Gasteiger partial charge is 0.462 e. The minimum absolute atomic E-state index is 0.0381. The standard InChI is InChI=1S/C74H135O24P/c1-4-7-10-13-16-19-22-25-27-29-32-35-38-41-44-47-50-60(78)93-55(52-90-58(76)48-45-42-39-36-33-30-24-21-18-15-12-9-6-3)53-92-99(88,89)98-72-70(96-73-68(86)63(81)61(79)56(51-75)94-73)66(84)65(83)67(85)71(72)97-74-69(87)64(82)62(80)57(95-74)54-91-59(77)49-46-43-40-37-34-31-28-26-23-20-17-14-11-8-5-2/h40,43,46,49,55-57,61-75,79-87H,4-39,41-42,44-45,47-48,50-54H2,1-3H3,(H,88,89)/b43-40+,49-46+. The molecule has 0 aromatic heterocycles. The molecule has 11 N–H and O–H groups in total. The van der Waals surface area contributed by atoms with E-state index in [0.717, 1.165) is 96.0 Å². The van der Waals surface area contributed by atoms with Gasteiger partial charge in [-0.15, -0.1) is 0 Å². The van der Waals surface area contributed by atoms with E-state index >= 15 is 0 Å². The predicted molar refractivity (Wildman–Crippen MR) is 374 cm³/mol. The van der Waals surface area contributed by atoms with E-state index in [0.29, 0.717) is 12.8 Å². The van der Waals surface area contributed by atoms with Crippen molar-refractivity contribution in [2.75, 3.05) is 26.4 Å². The zero-order chi connectivity index (χ0) is 72.5. The Balaban J connectivity index is 1.74. The largest absolute Gasteiger partial charge is 0.472 e. The number of carbonyl (C=O) groups is 3. The number of phosphoric ester groups is 1. The lowest BCUT2D eigenvalue weighted by Gasteiger charge is -2.49. The van der Waals surface area contributed by atoms with Crippen molar-refractivity contribution < 1.29 is 117 Å². The number of hydrogen-bond donors (Lipinski definition) is 11. The van der Waals surface area contributed by atoms with Crippen molar-refractivity contribution in [1.29, 1.82) is 0 Å². The van der Waals surface area contributed by atoms with Gasteiger partial charge in [0, 0.05) is 18.9 Å². The molecule has 3 aliphatic rings. The van der Waals surface area contributed by atoms with Gasteiger partial charge in [-0.05, 0) is 25.7 Å². The number of aliphatic hydroxyl groups excluding tert-OH is 10. The molecule has 25 heteroatoms. The molecule has 18 unspecified atom stereocenters. The summed E-state index contributed by atoms with van der Waals surface area (Å²) in [7, 11) is -5.70. The second kappa shape index (κ2) is 55.9. The molecule has 24 nitrogen and oxygen atoms in total. The van der Waals surface area contributed by atoms with Crippen LogP contribution >= 0.6 is 7.82 Å². The Hall–Kier alpha value is -2.56. The van der Waals surface area contributed by atoms with Gasteiger partial charge in [0.1, 0.15) is 98.7 Å². The molecule has 99 heavy (non-hydrogen) atoms. The summed E-state index contributed by atoms with van der Waals surface area (Å²) in [5.41, 5.74) is 0. The maximum absolute atomic E-state index is 14.3. The van der Waals surface area contributed by atoms with Gasteiger partial charge in [-0.3, -0.25) is 18.6 Å². The number of carbonyl (C=O) groups excluding carboxylic acids is 3. The molecule has 1 saturated carbocycles. The highest BCUT2D eigenvalue weighted by molar-refractivity contribution is 7.47. The van der Waals surface area contributed by atoms with Crippen LogP contribution in [-0.2, 0) is 61.2 Å². The van der Waals surface area contributed by atoms with Crippen molar-refractivity contribution in [1.82, 2.24) is 0 Å². The van der Waals surface area contributed by atoms with Crippen LogP contribution in [0.2, 0.25) is 0 Å². The van der Waals surface area contributed by atoms with E-state index in [9.17, 15) is 74.9 Å². The first-order valence-electron chi connectivity index (χ1n) is 38.7. The first-order valence-corrected chi connectivity index (χ1v) is 40.2. The zero-order valence-electron chi connectivity index (χ0n) is 60.5. The summed E-state index contributed by atoms with van der Waals surface area (Å²) in [5.74, 6) is -2.21. The van der Waals surface area contributed by atoms with E-state index in [1.165, 1.54) is 167 Å². The molecule has 0 spiro atoms. The van der Waals surface area contributed by atoms with Gasteiger partial charge in [-0.25, -0.2) is 9.36 Å². The van der Waals surface area contributed by atoms with Gasteiger partial charge in [0.25, 0.3) is 0 Å². The lowest BCUT2D eigenvalue weighted by molar-refractivity contribution is -0.360. The fourth-order valence-corrected chi connectivity index (χ4v) is 13.8. The van der Waals surface area contributed by atoms with Gasteiger partial charge in [0.2, 0.25) is 0 Å². The average Bonchev–Trinajstić information content (AvgIpc) is 0.762. The summed E-state index contributed by atoms with van der Waals surface area (Å²) in [6, 6.07) is 0. The van der Waals surface area contributed by atoms with Crippen LogP contribution in [0.25, 0.3) is 0 Å². The van der Waals surface area contributed by atoms with Crippen molar-refractivity contribution in [2.24, 2.45) is 0 Å². The number of allylic oxidation sites excluding steroid dienone is 3. The van der Waals surface area contributed by atoms with E-state index in [-0.39, 0.29) is 12.8 Å². The van der Waals surface area contributed by atoms with Crippen molar-refractivity contribution in [2.45, 2.75) is 401 Å². The molecule has 0 aromatic carbocycles. The number of unbranched alkanes of at least 4 members (excludes halogenated alkanes) is 38. The second-order valence-electron chi connectivity index (χ2n) is 27.8. The molecule has 3 rings (SSSR count). The third-order valence-electron chi connectivity index (χ3n) is 19.1. The summed E-state index contributed by atoms with van der Waals surface area (Å²) in [5, 5.41) is 110. The first kappa shape index (κ1) is 90.7. The lowest BCUT2D eigenvalue weighted by Crippen LogP contribution is -2.69. The zero-order valence-corrected chi connectivity index (χ0v) is 61.4. The number of esters is 3. The van der Waals surface area contributed by atoms with Crippen molar-refractivity contribution in [3.05, 3.63) is 24.3 Å².